The molecule has 0 fully saturated rings. The van der Waals surface area contributed by atoms with Gasteiger partial charge in [-0.05, 0) is 61.2 Å². The van der Waals surface area contributed by atoms with E-state index in [1.165, 1.54) is 0 Å². The Bertz CT molecular complexity index is 1660. The van der Waals surface area contributed by atoms with Crippen LogP contribution in [0.2, 0.25) is 0 Å². The zero-order chi connectivity index (χ0) is 27.5. The first-order valence-corrected chi connectivity index (χ1v) is 13.1. The van der Waals surface area contributed by atoms with E-state index in [4.69, 9.17) is 5.10 Å². The Morgan fingerprint density at radius 3 is 2.62 bits per heavy atom. The number of rotatable bonds is 6. The predicted octanol–water partition coefficient (Wildman–Crippen LogP) is 4.78. The number of amides is 2. The van der Waals surface area contributed by atoms with Crippen molar-refractivity contribution in [2.45, 2.75) is 45.7 Å². The maximum atomic E-state index is 14.0. The number of nitrogens with zero attached hydrogens (tertiary/aromatic N) is 5. The monoisotopic (exact) mass is 516 g/mol. The molecule has 0 bridgehead atoms. The molecule has 0 radical (unpaired) electrons. The third kappa shape index (κ3) is 4.85. The minimum Gasteiger partial charge on any atom is -0.344 e. The van der Waals surface area contributed by atoms with E-state index >= 15 is 0 Å². The number of hydrogen-bond acceptors (Lipinski definition) is 5. The lowest BCUT2D eigenvalue weighted by atomic mass is 10.0. The average Bonchev–Trinajstić information content (AvgIpc) is 3.29. The lowest BCUT2D eigenvalue weighted by molar-refractivity contribution is -0.129. The first-order valence-electron chi connectivity index (χ1n) is 13.1. The number of benzene rings is 3. The predicted molar refractivity (Wildman–Crippen MR) is 148 cm³/mol. The van der Waals surface area contributed by atoms with Gasteiger partial charge in [-0.25, -0.2) is 4.68 Å². The number of nitriles is 2. The van der Waals surface area contributed by atoms with Gasteiger partial charge in [-0.2, -0.15) is 15.6 Å². The molecule has 5 rings (SSSR count). The summed E-state index contributed by atoms with van der Waals surface area (Å²) in [5.74, 6) is -0.574. The zero-order valence-electron chi connectivity index (χ0n) is 21.9. The number of para-hydroxylation sites is 2. The van der Waals surface area contributed by atoms with Gasteiger partial charge in [0.2, 0.25) is 11.8 Å². The van der Waals surface area contributed by atoms with Crippen molar-refractivity contribution < 1.29 is 9.59 Å². The standard InChI is InChI=1S/C31H28N6O2/c1-3-20(2)30(38)34-25-14-13-22-16-21(17-32)12-15-27(22)36(31(25)39)19-26-24-9-5-7-11-29(24)37(35-26)28-10-6-4-8-23(28)18-33/h4-12,15-16,20,25H,3,13-14,19H2,1-2H3,(H,34,38)/t20-,25+/m1/s1. The van der Waals surface area contributed by atoms with Crippen LogP contribution in [0.5, 0.6) is 0 Å². The van der Waals surface area contributed by atoms with Crippen LogP contribution in [0.3, 0.4) is 0 Å². The molecule has 1 aliphatic rings. The van der Waals surface area contributed by atoms with Gasteiger partial charge < -0.3 is 10.2 Å². The molecule has 1 aromatic heterocycles. The SMILES string of the molecule is CC[C@@H](C)C(=O)N[C@H]1CCc2cc(C#N)ccc2N(Cc2nn(-c3ccccc3C#N)c3ccccc23)C1=O. The van der Waals surface area contributed by atoms with E-state index in [9.17, 15) is 20.1 Å². The number of hydrogen-bond donors (Lipinski definition) is 1. The van der Waals surface area contributed by atoms with Crippen molar-refractivity contribution in [2.75, 3.05) is 4.90 Å². The molecule has 0 unspecified atom stereocenters. The van der Waals surface area contributed by atoms with E-state index < -0.39 is 6.04 Å². The van der Waals surface area contributed by atoms with Crippen molar-refractivity contribution in [2.24, 2.45) is 5.92 Å². The highest BCUT2D eigenvalue weighted by Gasteiger charge is 2.33. The van der Waals surface area contributed by atoms with Crippen LogP contribution in [-0.2, 0) is 22.6 Å². The zero-order valence-corrected chi connectivity index (χ0v) is 21.9. The molecule has 2 atom stereocenters. The van der Waals surface area contributed by atoms with Crippen molar-refractivity contribution in [3.8, 4) is 17.8 Å². The van der Waals surface area contributed by atoms with Crippen LogP contribution in [0.25, 0.3) is 16.6 Å². The van der Waals surface area contributed by atoms with Gasteiger partial charge in [0.05, 0.1) is 40.6 Å². The summed E-state index contributed by atoms with van der Waals surface area (Å²) in [5.41, 5.74) is 4.73. The van der Waals surface area contributed by atoms with Crippen LogP contribution >= 0.6 is 0 Å². The van der Waals surface area contributed by atoms with Gasteiger partial charge in [0.1, 0.15) is 12.1 Å². The molecule has 1 N–H and O–H groups in total. The van der Waals surface area contributed by atoms with Gasteiger partial charge in [-0.15, -0.1) is 0 Å². The van der Waals surface area contributed by atoms with Crippen LogP contribution in [0, 0.1) is 28.6 Å². The fourth-order valence-corrected chi connectivity index (χ4v) is 4.98. The van der Waals surface area contributed by atoms with Gasteiger partial charge in [0.25, 0.3) is 0 Å². The maximum Gasteiger partial charge on any atom is 0.249 e. The van der Waals surface area contributed by atoms with E-state index in [2.05, 4.69) is 17.5 Å². The number of nitrogens with one attached hydrogen (secondary N) is 1. The average molecular weight is 517 g/mol. The summed E-state index contributed by atoms with van der Waals surface area (Å²) in [4.78, 5) is 28.4. The Morgan fingerprint density at radius 1 is 1.08 bits per heavy atom. The summed E-state index contributed by atoms with van der Waals surface area (Å²) >= 11 is 0. The van der Waals surface area contributed by atoms with Gasteiger partial charge in [-0.3, -0.25) is 9.59 Å². The molecule has 0 saturated carbocycles. The quantitative estimate of drug-likeness (QED) is 0.396. The summed E-state index contributed by atoms with van der Waals surface area (Å²) in [6.07, 6.45) is 1.66. The number of aryl methyl sites for hydroxylation is 1. The Labute approximate surface area is 227 Å². The van der Waals surface area contributed by atoms with E-state index in [1.54, 1.807) is 27.8 Å². The number of fused-ring (bicyclic) bond motifs is 2. The summed E-state index contributed by atoms with van der Waals surface area (Å²) < 4.78 is 1.74. The highest BCUT2D eigenvalue weighted by atomic mass is 16.2. The fraction of sp³-hybridized carbons (Fsp3) is 0.258. The molecule has 1 aliphatic heterocycles. The summed E-state index contributed by atoms with van der Waals surface area (Å²) in [6, 6.07) is 24.0. The molecule has 2 heterocycles. The molecule has 0 aliphatic carbocycles. The molecular formula is C31H28N6O2. The van der Waals surface area contributed by atoms with Gasteiger partial charge >= 0.3 is 0 Å². The largest absolute Gasteiger partial charge is 0.344 e. The van der Waals surface area contributed by atoms with Gasteiger partial charge in [-0.1, -0.05) is 44.2 Å². The minimum absolute atomic E-state index is 0.151. The summed E-state index contributed by atoms with van der Waals surface area (Å²) in [7, 11) is 0. The van der Waals surface area contributed by atoms with E-state index in [0.29, 0.717) is 47.5 Å². The third-order valence-electron chi connectivity index (χ3n) is 7.37. The van der Waals surface area contributed by atoms with Crippen molar-refractivity contribution in [1.29, 1.82) is 10.5 Å². The topological polar surface area (TPSA) is 115 Å². The number of anilines is 1. The molecular weight excluding hydrogens is 488 g/mol. The highest BCUT2D eigenvalue weighted by Crippen LogP contribution is 2.32. The Balaban J connectivity index is 1.60. The normalized spacial score (nSPS) is 15.6. The molecule has 39 heavy (non-hydrogen) atoms. The minimum atomic E-state index is -0.697. The fourth-order valence-electron chi connectivity index (χ4n) is 4.98. The lowest BCUT2D eigenvalue weighted by Crippen LogP contribution is -2.49. The second-order valence-electron chi connectivity index (χ2n) is 9.79. The molecule has 4 aromatic rings. The highest BCUT2D eigenvalue weighted by molar-refractivity contribution is 6.01. The Kier molecular flexibility index (Phi) is 7.12. The molecule has 194 valence electrons. The van der Waals surface area contributed by atoms with Crippen LogP contribution in [0.15, 0.2) is 66.7 Å². The Morgan fingerprint density at radius 2 is 1.85 bits per heavy atom. The number of carbonyl (C=O) groups is 2. The number of carbonyl (C=O) groups excluding carboxylic acids is 2. The molecule has 0 spiro atoms. The molecule has 8 nitrogen and oxygen atoms in total. The van der Waals surface area contributed by atoms with Crippen LogP contribution < -0.4 is 10.2 Å². The van der Waals surface area contributed by atoms with Crippen LogP contribution in [0.4, 0.5) is 5.69 Å². The summed E-state index contributed by atoms with van der Waals surface area (Å²) in [6.45, 7) is 3.95. The van der Waals surface area contributed by atoms with Crippen LogP contribution in [-0.4, -0.2) is 27.6 Å². The molecule has 2 amide bonds. The smallest absolute Gasteiger partial charge is 0.249 e. The lowest BCUT2D eigenvalue weighted by Gasteiger charge is -2.26. The number of aromatic nitrogens is 2. The molecule has 3 aromatic carbocycles. The summed E-state index contributed by atoms with van der Waals surface area (Å²) in [5, 5.41) is 27.9. The van der Waals surface area contributed by atoms with Crippen molar-refractivity contribution in [3.63, 3.8) is 0 Å². The van der Waals surface area contributed by atoms with Crippen molar-refractivity contribution in [1.82, 2.24) is 15.1 Å². The van der Waals surface area contributed by atoms with Crippen molar-refractivity contribution in [3.05, 3.63) is 89.1 Å². The maximum absolute atomic E-state index is 14.0. The molecule has 0 saturated heterocycles. The Hall–Kier alpha value is -4.95. The van der Waals surface area contributed by atoms with Crippen LogP contribution in [0.1, 0.15) is 49.1 Å². The van der Waals surface area contributed by atoms with E-state index in [-0.39, 0.29) is 24.3 Å². The first-order chi connectivity index (χ1) is 18.9. The van der Waals surface area contributed by atoms with Crippen molar-refractivity contribution >= 4 is 28.4 Å². The molecule has 8 heteroatoms. The third-order valence-corrected chi connectivity index (χ3v) is 7.37. The van der Waals surface area contributed by atoms with Gasteiger partial charge in [0, 0.05) is 17.0 Å². The van der Waals surface area contributed by atoms with Gasteiger partial charge in [0.15, 0.2) is 0 Å². The second-order valence-corrected chi connectivity index (χ2v) is 9.79. The second kappa shape index (κ2) is 10.8. The first kappa shape index (κ1) is 25.7. The van der Waals surface area contributed by atoms with E-state index in [1.807, 2.05) is 62.4 Å². The van der Waals surface area contributed by atoms with E-state index in [0.717, 1.165) is 16.5 Å².